The van der Waals surface area contributed by atoms with Crippen LogP contribution in [0.25, 0.3) is 0 Å². The molecule has 5 N–H and O–H groups in total. The van der Waals surface area contributed by atoms with Gasteiger partial charge in [-0.15, -0.1) is 0 Å². The largest absolute Gasteiger partial charge is 0.394 e. The predicted octanol–water partition coefficient (Wildman–Crippen LogP) is -3.18. The van der Waals surface area contributed by atoms with Crippen molar-refractivity contribution < 1.29 is 30.3 Å². The number of rotatable bonds is 2. The molecule has 1 fully saturated rings. The highest BCUT2D eigenvalue weighted by Gasteiger charge is 2.42. The Kier molecular flexibility index (Phi) is 3.60. The van der Waals surface area contributed by atoms with Gasteiger partial charge >= 0.3 is 0 Å². The number of aliphatic hydroxyl groups is 5. The maximum Gasteiger partial charge on any atom is 0.111 e. The van der Waals surface area contributed by atoms with Gasteiger partial charge in [-0.05, 0) is 0 Å². The molecule has 1 aliphatic heterocycles. The summed E-state index contributed by atoms with van der Waals surface area (Å²) in [6, 6.07) is 0. The maximum atomic E-state index is 9.25. The predicted molar refractivity (Wildman–Crippen MR) is 40.9 cm³/mol. The molecule has 0 amide bonds. The van der Waals surface area contributed by atoms with Gasteiger partial charge < -0.3 is 30.3 Å². The Balaban J connectivity index is 2.66. The van der Waals surface area contributed by atoms with E-state index in [1.165, 1.54) is 0 Å². The molecule has 13 heavy (non-hydrogen) atoms. The van der Waals surface area contributed by atoms with Crippen LogP contribution in [0.3, 0.4) is 0 Å². The molecule has 6 heteroatoms. The highest BCUT2D eigenvalue weighted by Crippen LogP contribution is 2.20. The average Bonchev–Trinajstić information content (AvgIpc) is 2.15. The van der Waals surface area contributed by atoms with Gasteiger partial charge in [0, 0.05) is 0 Å². The van der Waals surface area contributed by atoms with Crippen molar-refractivity contribution in [1.29, 1.82) is 0 Å². The van der Waals surface area contributed by atoms with E-state index in [4.69, 9.17) is 14.9 Å². The first-order chi connectivity index (χ1) is 6.11. The second kappa shape index (κ2) is 4.32. The summed E-state index contributed by atoms with van der Waals surface area (Å²) in [7, 11) is 0. The summed E-state index contributed by atoms with van der Waals surface area (Å²) in [6.45, 7) is -0.942. The van der Waals surface area contributed by atoms with Gasteiger partial charge in [-0.25, -0.2) is 0 Å². The summed E-state index contributed by atoms with van der Waals surface area (Å²) in [6.07, 6.45) is -5.99. The number of hydrogen-bond donors (Lipinski definition) is 5. The van der Waals surface area contributed by atoms with E-state index in [1.807, 2.05) is 0 Å². The topological polar surface area (TPSA) is 110 Å². The summed E-state index contributed by atoms with van der Waals surface area (Å²) >= 11 is 0. The minimum absolute atomic E-state index is 0.471. The van der Waals surface area contributed by atoms with Crippen LogP contribution in [0, 0.1) is 0 Å². The Hall–Kier alpha value is -0.240. The first-order valence-corrected chi connectivity index (χ1v) is 4.03. The molecule has 78 valence electrons. The Morgan fingerprint density at radius 3 is 1.46 bits per heavy atom. The van der Waals surface area contributed by atoms with Crippen molar-refractivity contribution in [1.82, 2.24) is 0 Å². The van der Waals surface area contributed by atoms with E-state index in [0.29, 0.717) is 0 Å². The lowest BCUT2D eigenvalue weighted by atomic mass is 9.95. The zero-order valence-corrected chi connectivity index (χ0v) is 6.95. The van der Waals surface area contributed by atoms with E-state index < -0.39 is 43.7 Å². The van der Waals surface area contributed by atoms with Crippen LogP contribution in [0.15, 0.2) is 0 Å². The molecule has 0 aromatic heterocycles. The third kappa shape index (κ3) is 1.98. The lowest BCUT2D eigenvalue weighted by Gasteiger charge is -2.39. The summed E-state index contributed by atoms with van der Waals surface area (Å²) in [5, 5.41) is 45.2. The Morgan fingerprint density at radius 2 is 1.15 bits per heavy atom. The molecule has 1 unspecified atom stereocenters. The van der Waals surface area contributed by atoms with E-state index in [2.05, 4.69) is 0 Å². The van der Waals surface area contributed by atoms with Crippen LogP contribution in [-0.2, 0) is 4.74 Å². The minimum atomic E-state index is -1.40. The van der Waals surface area contributed by atoms with Crippen molar-refractivity contribution in [2.75, 3.05) is 13.2 Å². The molecule has 1 heterocycles. The van der Waals surface area contributed by atoms with Crippen molar-refractivity contribution >= 4 is 0 Å². The first-order valence-electron chi connectivity index (χ1n) is 4.03. The molecule has 0 aliphatic carbocycles. The summed E-state index contributed by atoms with van der Waals surface area (Å²) in [5.74, 6) is 0. The molecule has 0 radical (unpaired) electrons. The smallest absolute Gasteiger partial charge is 0.111 e. The van der Waals surface area contributed by atoms with Crippen LogP contribution in [-0.4, -0.2) is 69.3 Å². The molecular formula is C7H14O6. The molecule has 5 atom stereocenters. The summed E-state index contributed by atoms with van der Waals surface area (Å²) in [4.78, 5) is 0. The average molecular weight is 194 g/mol. The van der Waals surface area contributed by atoms with E-state index in [0.717, 1.165) is 0 Å². The first kappa shape index (κ1) is 10.8. The van der Waals surface area contributed by atoms with Gasteiger partial charge in [0.1, 0.15) is 30.5 Å². The van der Waals surface area contributed by atoms with E-state index in [1.54, 1.807) is 0 Å². The Morgan fingerprint density at radius 1 is 0.769 bits per heavy atom. The van der Waals surface area contributed by atoms with Crippen LogP contribution in [0.1, 0.15) is 0 Å². The van der Waals surface area contributed by atoms with Gasteiger partial charge in [-0.3, -0.25) is 0 Å². The van der Waals surface area contributed by atoms with Crippen LogP contribution < -0.4 is 0 Å². The number of hydrogen-bond acceptors (Lipinski definition) is 6. The molecule has 1 rings (SSSR count). The van der Waals surface area contributed by atoms with Crippen LogP contribution in [0.4, 0.5) is 0 Å². The van der Waals surface area contributed by atoms with E-state index in [-0.39, 0.29) is 0 Å². The zero-order valence-electron chi connectivity index (χ0n) is 6.95. The standard InChI is InChI=1S/C7H14O6/c8-1-3-5(10)7(12)6(11)4(2-9)13-3/h3-12H,1-2H2/t3-,4?,5-,6+,7+/m1/s1. The fourth-order valence-electron chi connectivity index (χ4n) is 1.33. The van der Waals surface area contributed by atoms with Crippen LogP contribution >= 0.6 is 0 Å². The molecule has 1 saturated heterocycles. The monoisotopic (exact) mass is 194 g/mol. The van der Waals surface area contributed by atoms with E-state index in [9.17, 15) is 15.3 Å². The zero-order chi connectivity index (χ0) is 10.0. The normalized spacial score (nSPS) is 46.4. The molecule has 0 bridgehead atoms. The second-order valence-electron chi connectivity index (χ2n) is 3.05. The van der Waals surface area contributed by atoms with Gasteiger partial charge in [-0.1, -0.05) is 0 Å². The van der Waals surface area contributed by atoms with Crippen LogP contribution in [0.5, 0.6) is 0 Å². The van der Waals surface area contributed by atoms with Crippen molar-refractivity contribution in [2.45, 2.75) is 30.5 Å². The highest BCUT2D eigenvalue weighted by atomic mass is 16.6. The number of ether oxygens (including phenoxy) is 1. The van der Waals surface area contributed by atoms with Crippen molar-refractivity contribution in [3.8, 4) is 0 Å². The fourth-order valence-corrected chi connectivity index (χ4v) is 1.33. The molecule has 0 aromatic rings. The SMILES string of the molecule is OCC1O[C@H](CO)[C@@H](O)[C@H](O)[C@H]1O. The molecule has 6 nitrogen and oxygen atoms in total. The van der Waals surface area contributed by atoms with Crippen molar-refractivity contribution in [3.63, 3.8) is 0 Å². The van der Waals surface area contributed by atoms with Gasteiger partial charge in [0.15, 0.2) is 0 Å². The third-order valence-electron chi connectivity index (χ3n) is 2.17. The van der Waals surface area contributed by atoms with Crippen molar-refractivity contribution in [3.05, 3.63) is 0 Å². The molecule has 0 saturated carbocycles. The maximum absolute atomic E-state index is 9.25. The van der Waals surface area contributed by atoms with Gasteiger partial charge in [-0.2, -0.15) is 0 Å². The quantitative estimate of drug-likeness (QED) is 0.317. The van der Waals surface area contributed by atoms with E-state index >= 15 is 0 Å². The lowest BCUT2D eigenvalue weighted by Crippen LogP contribution is -2.59. The number of aliphatic hydroxyl groups excluding tert-OH is 5. The Labute approximate surface area is 75.0 Å². The van der Waals surface area contributed by atoms with Gasteiger partial charge in [0.2, 0.25) is 0 Å². The van der Waals surface area contributed by atoms with Crippen LogP contribution in [0.2, 0.25) is 0 Å². The van der Waals surface area contributed by atoms with Crippen molar-refractivity contribution in [2.24, 2.45) is 0 Å². The minimum Gasteiger partial charge on any atom is -0.394 e. The molecular weight excluding hydrogens is 180 g/mol. The summed E-state index contributed by atoms with van der Waals surface area (Å²) in [5.41, 5.74) is 0. The molecule has 0 spiro atoms. The highest BCUT2D eigenvalue weighted by molar-refractivity contribution is 4.91. The Bertz CT molecular complexity index is 143. The van der Waals surface area contributed by atoms with Gasteiger partial charge in [0.05, 0.1) is 13.2 Å². The molecule has 0 aromatic carbocycles. The summed E-state index contributed by atoms with van der Waals surface area (Å²) < 4.78 is 4.92. The lowest BCUT2D eigenvalue weighted by molar-refractivity contribution is -0.235. The second-order valence-corrected chi connectivity index (χ2v) is 3.05. The van der Waals surface area contributed by atoms with Gasteiger partial charge in [0.25, 0.3) is 0 Å². The fraction of sp³-hybridized carbons (Fsp3) is 1.00. The molecule has 1 aliphatic rings. The third-order valence-corrected chi connectivity index (χ3v) is 2.17.